The van der Waals surface area contributed by atoms with E-state index in [0.717, 1.165) is 36.2 Å². The molecule has 1 aliphatic rings. The lowest BCUT2D eigenvalue weighted by Gasteiger charge is -2.36. The van der Waals surface area contributed by atoms with E-state index in [1.807, 2.05) is 12.1 Å². The van der Waals surface area contributed by atoms with Gasteiger partial charge in [-0.25, -0.2) is 0 Å². The second-order valence-corrected chi connectivity index (χ2v) is 5.68. The lowest BCUT2D eigenvalue weighted by molar-refractivity contribution is 0.256. The van der Waals surface area contributed by atoms with Crippen LogP contribution in [0.2, 0.25) is 0 Å². The van der Waals surface area contributed by atoms with E-state index in [1.165, 1.54) is 18.7 Å². The molecule has 0 saturated carbocycles. The monoisotopic (exact) mass is 312 g/mol. The molecule has 1 aliphatic heterocycles. The molecule has 1 fully saturated rings. The summed E-state index contributed by atoms with van der Waals surface area (Å²) in [6.07, 6.45) is 1.22. The Labute approximate surface area is 118 Å². The van der Waals surface area contributed by atoms with Crippen LogP contribution in [0, 0.1) is 0 Å². The number of piperazine rings is 1. The van der Waals surface area contributed by atoms with Crippen molar-refractivity contribution in [2.75, 3.05) is 37.6 Å². The smallest absolute Gasteiger partial charge is 0.0702 e. The summed E-state index contributed by atoms with van der Waals surface area (Å²) in [5.74, 6) is 0. The van der Waals surface area contributed by atoms with Crippen LogP contribution in [0.4, 0.5) is 5.69 Å². The maximum atomic E-state index is 9.42. The fraction of sp³-hybridized carbons (Fsp3) is 0.571. The largest absolute Gasteiger partial charge is 0.392 e. The highest BCUT2D eigenvalue weighted by Crippen LogP contribution is 2.26. The average molecular weight is 313 g/mol. The van der Waals surface area contributed by atoms with Gasteiger partial charge in [0.15, 0.2) is 0 Å². The molecule has 0 unspecified atom stereocenters. The van der Waals surface area contributed by atoms with Gasteiger partial charge in [0, 0.05) is 41.9 Å². The first-order valence-electron chi connectivity index (χ1n) is 6.61. The van der Waals surface area contributed by atoms with Gasteiger partial charge in [0.25, 0.3) is 0 Å². The highest BCUT2D eigenvalue weighted by molar-refractivity contribution is 9.10. The predicted octanol–water partition coefficient (Wildman–Crippen LogP) is 2.47. The zero-order chi connectivity index (χ0) is 13.0. The van der Waals surface area contributed by atoms with Crippen LogP contribution < -0.4 is 4.90 Å². The van der Waals surface area contributed by atoms with E-state index >= 15 is 0 Å². The van der Waals surface area contributed by atoms with Crippen molar-refractivity contribution in [1.29, 1.82) is 0 Å². The Bertz CT molecular complexity index is 389. The van der Waals surface area contributed by atoms with Crippen LogP contribution in [0.5, 0.6) is 0 Å². The second-order valence-electron chi connectivity index (χ2n) is 4.76. The molecule has 1 heterocycles. The number of nitrogens with zero attached hydrogens (tertiary/aromatic N) is 2. The van der Waals surface area contributed by atoms with Crippen molar-refractivity contribution in [3.63, 3.8) is 0 Å². The van der Waals surface area contributed by atoms with Gasteiger partial charge in [-0.2, -0.15) is 0 Å². The zero-order valence-electron chi connectivity index (χ0n) is 10.9. The third kappa shape index (κ3) is 3.25. The highest BCUT2D eigenvalue weighted by Gasteiger charge is 2.18. The molecule has 3 nitrogen and oxygen atoms in total. The van der Waals surface area contributed by atoms with Crippen LogP contribution in [0.1, 0.15) is 18.9 Å². The summed E-state index contributed by atoms with van der Waals surface area (Å²) in [5, 5.41) is 9.42. The average Bonchev–Trinajstić information content (AvgIpc) is 2.40. The molecule has 1 N–H and O–H groups in total. The first kappa shape index (κ1) is 13.8. The molecular weight excluding hydrogens is 292 g/mol. The van der Waals surface area contributed by atoms with Crippen molar-refractivity contribution in [2.45, 2.75) is 20.0 Å². The number of aliphatic hydroxyl groups is 1. The van der Waals surface area contributed by atoms with Gasteiger partial charge in [0.1, 0.15) is 0 Å². The van der Waals surface area contributed by atoms with Crippen molar-refractivity contribution in [1.82, 2.24) is 4.90 Å². The molecule has 1 aromatic carbocycles. The number of halogens is 1. The van der Waals surface area contributed by atoms with Gasteiger partial charge in [-0.3, -0.25) is 4.90 Å². The van der Waals surface area contributed by atoms with E-state index in [0.29, 0.717) is 0 Å². The Balaban J connectivity index is 2.06. The third-order valence-corrected chi connectivity index (χ3v) is 3.96. The molecule has 4 heteroatoms. The van der Waals surface area contributed by atoms with Crippen molar-refractivity contribution < 1.29 is 5.11 Å². The summed E-state index contributed by atoms with van der Waals surface area (Å²) in [7, 11) is 0. The maximum absolute atomic E-state index is 9.42. The molecule has 1 aromatic rings. The van der Waals surface area contributed by atoms with Crippen LogP contribution >= 0.6 is 15.9 Å². The predicted molar refractivity (Wildman–Crippen MR) is 79.0 cm³/mol. The SMILES string of the molecule is CCCN1CCN(c2cc(Br)ccc2CO)CC1. The molecule has 100 valence electrons. The molecule has 0 aliphatic carbocycles. The van der Waals surface area contributed by atoms with Crippen LogP contribution in [-0.2, 0) is 6.61 Å². The first-order chi connectivity index (χ1) is 8.74. The molecule has 0 radical (unpaired) electrons. The number of hydrogen-bond donors (Lipinski definition) is 1. The van der Waals surface area contributed by atoms with Crippen LogP contribution in [0.15, 0.2) is 22.7 Å². The van der Waals surface area contributed by atoms with Gasteiger partial charge in [-0.15, -0.1) is 0 Å². The first-order valence-corrected chi connectivity index (χ1v) is 7.40. The van der Waals surface area contributed by atoms with Crippen molar-refractivity contribution >= 4 is 21.6 Å². The highest BCUT2D eigenvalue weighted by atomic mass is 79.9. The van der Waals surface area contributed by atoms with Gasteiger partial charge in [-0.1, -0.05) is 28.9 Å². The number of rotatable bonds is 4. The summed E-state index contributed by atoms with van der Waals surface area (Å²) in [5.41, 5.74) is 2.19. The van der Waals surface area contributed by atoms with E-state index < -0.39 is 0 Å². The van der Waals surface area contributed by atoms with Gasteiger partial charge in [0.2, 0.25) is 0 Å². The molecule has 1 saturated heterocycles. The lowest BCUT2D eigenvalue weighted by atomic mass is 10.1. The van der Waals surface area contributed by atoms with Gasteiger partial charge in [-0.05, 0) is 25.1 Å². The number of benzene rings is 1. The molecule has 0 atom stereocenters. The Hall–Kier alpha value is -0.580. The quantitative estimate of drug-likeness (QED) is 0.925. The summed E-state index contributed by atoms with van der Waals surface area (Å²) in [6, 6.07) is 6.10. The standard InChI is InChI=1S/C14H21BrN2O/c1-2-5-16-6-8-17(9-7-16)14-10-13(15)4-3-12(14)11-18/h3-4,10,18H,2,5-9,11H2,1H3. The molecule has 18 heavy (non-hydrogen) atoms. The minimum atomic E-state index is 0.109. The molecule has 0 aromatic heterocycles. The summed E-state index contributed by atoms with van der Waals surface area (Å²) in [6.45, 7) is 7.85. The summed E-state index contributed by atoms with van der Waals surface area (Å²) >= 11 is 3.51. The summed E-state index contributed by atoms with van der Waals surface area (Å²) in [4.78, 5) is 4.88. The molecule has 0 spiro atoms. The van der Waals surface area contributed by atoms with Gasteiger partial charge in [0.05, 0.1) is 6.61 Å². The molecular formula is C14H21BrN2O. The summed E-state index contributed by atoms with van der Waals surface area (Å²) < 4.78 is 1.07. The zero-order valence-corrected chi connectivity index (χ0v) is 12.5. The maximum Gasteiger partial charge on any atom is 0.0702 e. The Morgan fingerprint density at radius 1 is 1.22 bits per heavy atom. The fourth-order valence-electron chi connectivity index (χ4n) is 2.49. The van der Waals surface area contributed by atoms with Crippen LogP contribution in [0.3, 0.4) is 0 Å². The molecule has 0 bridgehead atoms. The van der Waals surface area contributed by atoms with E-state index in [2.05, 4.69) is 38.7 Å². The van der Waals surface area contributed by atoms with Crippen molar-refractivity contribution in [3.05, 3.63) is 28.2 Å². The molecule has 0 amide bonds. The van der Waals surface area contributed by atoms with E-state index in [1.54, 1.807) is 0 Å². The minimum Gasteiger partial charge on any atom is -0.392 e. The minimum absolute atomic E-state index is 0.109. The number of hydrogen-bond acceptors (Lipinski definition) is 3. The normalized spacial score (nSPS) is 17.2. The number of aliphatic hydroxyl groups excluding tert-OH is 1. The van der Waals surface area contributed by atoms with Crippen molar-refractivity contribution in [2.24, 2.45) is 0 Å². The van der Waals surface area contributed by atoms with E-state index in [9.17, 15) is 5.11 Å². The van der Waals surface area contributed by atoms with Crippen molar-refractivity contribution in [3.8, 4) is 0 Å². The van der Waals surface area contributed by atoms with E-state index in [4.69, 9.17) is 0 Å². The fourth-order valence-corrected chi connectivity index (χ4v) is 2.84. The Morgan fingerprint density at radius 2 is 1.94 bits per heavy atom. The lowest BCUT2D eigenvalue weighted by Crippen LogP contribution is -2.46. The van der Waals surface area contributed by atoms with E-state index in [-0.39, 0.29) is 6.61 Å². The van der Waals surface area contributed by atoms with Crippen LogP contribution in [-0.4, -0.2) is 42.7 Å². The van der Waals surface area contributed by atoms with Gasteiger partial charge < -0.3 is 10.0 Å². The number of anilines is 1. The third-order valence-electron chi connectivity index (χ3n) is 3.47. The molecule has 2 rings (SSSR count). The second kappa shape index (κ2) is 6.55. The van der Waals surface area contributed by atoms with Crippen LogP contribution in [0.25, 0.3) is 0 Å². The Morgan fingerprint density at radius 3 is 2.56 bits per heavy atom. The topological polar surface area (TPSA) is 26.7 Å². The Kier molecular flexibility index (Phi) is 5.03. The van der Waals surface area contributed by atoms with Gasteiger partial charge >= 0.3 is 0 Å².